The Morgan fingerprint density at radius 3 is 2.11 bits per heavy atom. The second kappa shape index (κ2) is 15.4. The topological polar surface area (TPSA) is 69.7 Å². The van der Waals surface area contributed by atoms with Crippen LogP contribution in [0.25, 0.3) is 0 Å². The summed E-state index contributed by atoms with van der Waals surface area (Å²) < 4.78 is 12.8. The molecule has 3 unspecified atom stereocenters. The molecular formula is C45H62Br2O5Si. The Hall–Kier alpha value is -1.61. The summed E-state index contributed by atoms with van der Waals surface area (Å²) in [6.45, 7) is 17.7. The molecule has 4 aliphatic carbocycles. The van der Waals surface area contributed by atoms with E-state index in [4.69, 9.17) is 9.16 Å². The van der Waals surface area contributed by atoms with Crippen molar-refractivity contribution in [3.63, 3.8) is 0 Å². The van der Waals surface area contributed by atoms with Gasteiger partial charge in [-0.2, -0.15) is 0 Å². The predicted molar refractivity (Wildman–Crippen MR) is 224 cm³/mol. The van der Waals surface area contributed by atoms with Gasteiger partial charge in [-0.1, -0.05) is 141 Å². The summed E-state index contributed by atoms with van der Waals surface area (Å²) in [6.07, 6.45) is 7.92. The second-order valence-electron chi connectivity index (χ2n) is 18.9. The molecule has 53 heavy (non-hydrogen) atoms. The summed E-state index contributed by atoms with van der Waals surface area (Å²) >= 11 is 8.83. The van der Waals surface area contributed by atoms with Gasteiger partial charge in [0, 0.05) is 46.9 Å². The number of benzene rings is 2. The quantitative estimate of drug-likeness (QED) is 0.128. The van der Waals surface area contributed by atoms with Gasteiger partial charge in [0.05, 0.1) is 6.61 Å². The molecule has 0 bridgehead atoms. The first-order valence-electron chi connectivity index (χ1n) is 20.2. The van der Waals surface area contributed by atoms with E-state index in [9.17, 15) is 14.4 Å². The van der Waals surface area contributed by atoms with E-state index < -0.39 is 8.32 Å². The van der Waals surface area contributed by atoms with E-state index in [0.29, 0.717) is 43.5 Å². The maximum atomic E-state index is 14.0. The Morgan fingerprint density at radius 1 is 0.943 bits per heavy atom. The van der Waals surface area contributed by atoms with E-state index >= 15 is 0 Å². The Bertz CT molecular complexity index is 1610. The summed E-state index contributed by atoms with van der Waals surface area (Å²) in [7, 11) is -2.71. The third kappa shape index (κ3) is 7.16. The van der Waals surface area contributed by atoms with Crippen LogP contribution in [0, 0.1) is 46.3 Å². The van der Waals surface area contributed by atoms with Gasteiger partial charge in [0.15, 0.2) is 0 Å². The summed E-state index contributed by atoms with van der Waals surface area (Å²) in [5.74, 6) is 0.994. The van der Waals surface area contributed by atoms with Gasteiger partial charge in [0.1, 0.15) is 11.6 Å². The van der Waals surface area contributed by atoms with E-state index in [-0.39, 0.29) is 66.5 Å². The fourth-order valence-electron chi connectivity index (χ4n) is 12.0. The molecule has 11 atom stereocenters. The second-order valence-corrected chi connectivity index (χ2v) is 25.7. The van der Waals surface area contributed by atoms with Crippen molar-refractivity contribution >= 4 is 68.1 Å². The number of esters is 1. The first-order valence-corrected chi connectivity index (χ1v) is 23.8. The number of hydrogen-bond donors (Lipinski definition) is 0. The summed E-state index contributed by atoms with van der Waals surface area (Å²) in [5.41, 5.74) is -0.132. The SMILES string of the molecule is CC(=O)OCC(C)CCC(=O)[C@@H](C)[C@H]1C(=O)C[C@H]2[C@@H]3CC(Br)C4(Br)C[C@@H](O[Si](c5ccccc5)(c5ccccc5)C(C)(C)C)CC[C@]4(C)[C@H]3CC[C@]12C. The van der Waals surface area contributed by atoms with Crippen LogP contribution in [-0.4, -0.2) is 47.7 Å². The lowest BCUT2D eigenvalue weighted by atomic mass is 9.44. The van der Waals surface area contributed by atoms with Crippen molar-refractivity contribution in [3.05, 3.63) is 60.7 Å². The van der Waals surface area contributed by atoms with E-state index in [1.54, 1.807) is 0 Å². The largest absolute Gasteiger partial charge is 0.466 e. The van der Waals surface area contributed by atoms with Gasteiger partial charge in [-0.3, -0.25) is 14.4 Å². The standard InChI is InChI=1S/C45H62Br2O5Si/c1-29(28-51-31(3)48)19-20-38(49)30(2)41-39(50)26-37-35-25-40(46)45(47)27-32(21-24-44(45,8)36(35)22-23-43(37,41)7)52-53(42(4,5)6,33-15-11-9-12-16-33)34-17-13-10-14-18-34/h9-18,29-30,32,35-37,40-41H,19-28H2,1-8H3/t29?,30-,32+,35-,36+,37+,40?,41+,43+,44-,45?/m1/s1. The van der Waals surface area contributed by atoms with E-state index in [0.717, 1.165) is 38.5 Å². The number of ether oxygens (including phenoxy) is 1. The van der Waals surface area contributed by atoms with Crippen molar-refractivity contribution in [3.8, 4) is 0 Å². The Kier molecular flexibility index (Phi) is 11.9. The van der Waals surface area contributed by atoms with Crippen molar-refractivity contribution in [1.82, 2.24) is 0 Å². The molecule has 2 aromatic rings. The fourth-order valence-corrected chi connectivity index (χ4v) is 18.9. The molecule has 0 aliphatic heterocycles. The molecule has 0 heterocycles. The number of halogens is 2. The number of Topliss-reactive ketones (excluding diaryl/α,β-unsaturated/α-hetero) is 2. The Morgan fingerprint density at radius 2 is 1.55 bits per heavy atom. The van der Waals surface area contributed by atoms with Gasteiger partial charge in [-0.05, 0) is 94.9 Å². The average Bonchev–Trinajstić information content (AvgIpc) is 3.39. The molecule has 6 rings (SSSR count). The number of fused-ring (bicyclic) bond motifs is 5. The third-order valence-electron chi connectivity index (χ3n) is 14.8. The molecule has 0 spiro atoms. The summed E-state index contributed by atoms with van der Waals surface area (Å²) in [5, 5.41) is 2.57. The normalized spacial score (nSPS) is 35.4. The van der Waals surface area contributed by atoms with Gasteiger partial charge in [-0.25, -0.2) is 0 Å². The highest BCUT2D eigenvalue weighted by atomic mass is 79.9. The van der Waals surface area contributed by atoms with Crippen LogP contribution in [-0.2, 0) is 23.5 Å². The van der Waals surface area contributed by atoms with E-state index in [1.165, 1.54) is 17.3 Å². The molecule has 290 valence electrons. The van der Waals surface area contributed by atoms with Crippen LogP contribution < -0.4 is 10.4 Å². The minimum Gasteiger partial charge on any atom is -0.466 e. The predicted octanol–water partition coefficient (Wildman–Crippen LogP) is 9.84. The zero-order valence-corrected chi connectivity index (χ0v) is 37.4. The Labute approximate surface area is 336 Å². The van der Waals surface area contributed by atoms with Crippen LogP contribution in [0.15, 0.2) is 60.7 Å². The number of carbonyl (C=O) groups excluding carboxylic acids is 3. The van der Waals surface area contributed by atoms with Crippen molar-refractivity contribution in [2.24, 2.45) is 46.3 Å². The van der Waals surface area contributed by atoms with Crippen molar-refractivity contribution in [2.45, 2.75) is 133 Å². The number of hydrogen-bond acceptors (Lipinski definition) is 5. The van der Waals surface area contributed by atoms with Crippen LogP contribution >= 0.6 is 31.9 Å². The van der Waals surface area contributed by atoms with Crippen LogP contribution in [0.3, 0.4) is 0 Å². The molecule has 4 aliphatic rings. The van der Waals surface area contributed by atoms with Crippen molar-refractivity contribution < 1.29 is 23.5 Å². The van der Waals surface area contributed by atoms with Gasteiger partial charge < -0.3 is 9.16 Å². The monoisotopic (exact) mass is 868 g/mol. The zero-order valence-electron chi connectivity index (χ0n) is 33.3. The fraction of sp³-hybridized carbons (Fsp3) is 0.667. The molecule has 0 radical (unpaired) electrons. The van der Waals surface area contributed by atoms with Gasteiger partial charge in [0.2, 0.25) is 0 Å². The molecule has 4 fully saturated rings. The maximum Gasteiger partial charge on any atom is 0.302 e. The molecule has 0 amide bonds. The minimum absolute atomic E-state index is 0.0391. The summed E-state index contributed by atoms with van der Waals surface area (Å²) in [4.78, 5) is 39.2. The number of carbonyl (C=O) groups is 3. The first-order chi connectivity index (χ1) is 24.9. The third-order valence-corrected chi connectivity index (χ3v) is 23.5. The molecule has 2 aromatic carbocycles. The Balaban J connectivity index is 1.22. The lowest BCUT2D eigenvalue weighted by Crippen LogP contribution is -2.70. The van der Waals surface area contributed by atoms with Crippen LogP contribution in [0.5, 0.6) is 0 Å². The highest BCUT2D eigenvalue weighted by molar-refractivity contribution is 9.12. The van der Waals surface area contributed by atoms with Gasteiger partial charge >= 0.3 is 5.97 Å². The summed E-state index contributed by atoms with van der Waals surface area (Å²) in [6, 6.07) is 22.0. The number of ketones is 2. The lowest BCUT2D eigenvalue weighted by Gasteiger charge is -2.66. The van der Waals surface area contributed by atoms with Crippen molar-refractivity contribution in [1.29, 1.82) is 0 Å². The molecular weight excluding hydrogens is 808 g/mol. The van der Waals surface area contributed by atoms with Crippen molar-refractivity contribution in [2.75, 3.05) is 6.61 Å². The first kappa shape index (κ1) is 41.0. The number of alkyl halides is 2. The van der Waals surface area contributed by atoms with Crippen LogP contribution in [0.4, 0.5) is 0 Å². The molecule has 0 aromatic heterocycles. The number of rotatable bonds is 11. The average molecular weight is 871 g/mol. The van der Waals surface area contributed by atoms with Gasteiger partial charge in [-0.15, -0.1) is 0 Å². The molecule has 5 nitrogen and oxygen atoms in total. The zero-order chi connectivity index (χ0) is 38.6. The smallest absolute Gasteiger partial charge is 0.302 e. The van der Waals surface area contributed by atoms with E-state index in [1.807, 2.05) is 13.8 Å². The lowest BCUT2D eigenvalue weighted by molar-refractivity contribution is -0.142. The van der Waals surface area contributed by atoms with Crippen LogP contribution in [0.2, 0.25) is 5.04 Å². The molecule has 8 heteroatoms. The molecule has 0 N–H and O–H groups in total. The van der Waals surface area contributed by atoms with E-state index in [2.05, 4.69) is 127 Å². The molecule has 4 saturated carbocycles. The maximum absolute atomic E-state index is 14.0. The van der Waals surface area contributed by atoms with Gasteiger partial charge in [0.25, 0.3) is 8.32 Å². The minimum atomic E-state index is -2.71. The molecule has 0 saturated heterocycles. The highest BCUT2D eigenvalue weighted by Crippen LogP contribution is 2.71. The van der Waals surface area contributed by atoms with Crippen LogP contribution in [0.1, 0.15) is 113 Å². The highest BCUT2D eigenvalue weighted by Gasteiger charge is 2.69.